The first-order valence-corrected chi connectivity index (χ1v) is 7.47. The highest BCUT2D eigenvalue weighted by molar-refractivity contribution is 6.07. The number of hydrogen-bond acceptors (Lipinski definition) is 6. The summed E-state index contributed by atoms with van der Waals surface area (Å²) in [6.07, 6.45) is -0.537. The zero-order valence-corrected chi connectivity index (χ0v) is 14.1. The van der Waals surface area contributed by atoms with Crippen LogP contribution in [-0.4, -0.2) is 35.9 Å². The molecule has 0 unspecified atom stereocenters. The summed E-state index contributed by atoms with van der Waals surface area (Å²) in [6, 6.07) is 3.32. The van der Waals surface area contributed by atoms with Crippen LogP contribution in [0.2, 0.25) is 0 Å². The number of carbonyl (C=O) groups is 2. The van der Waals surface area contributed by atoms with E-state index in [2.05, 4.69) is 10.5 Å². The van der Waals surface area contributed by atoms with Crippen molar-refractivity contribution >= 4 is 23.0 Å². The summed E-state index contributed by atoms with van der Waals surface area (Å²) < 4.78 is 15.8. The highest BCUT2D eigenvalue weighted by atomic mass is 16.6. The minimum absolute atomic E-state index is 0.132. The number of hydrogen-bond donors (Lipinski definition) is 2. The number of nitrogens with one attached hydrogen (secondary N) is 1. The molecule has 0 aliphatic rings. The van der Waals surface area contributed by atoms with Crippen LogP contribution < -0.4 is 15.8 Å². The number of fused-ring (bicyclic) bond motifs is 1. The fourth-order valence-electron chi connectivity index (χ4n) is 2.07. The molecule has 0 atom stereocenters. The number of ether oxygens (including phenoxy) is 2. The molecule has 2 rings (SSSR count). The predicted molar refractivity (Wildman–Crippen MR) is 87.0 cm³/mol. The normalized spacial score (nSPS) is 11.3. The Hall–Kier alpha value is -2.77. The third-order valence-electron chi connectivity index (χ3n) is 3.06. The lowest BCUT2D eigenvalue weighted by molar-refractivity contribution is 0.0519. The number of carbonyl (C=O) groups excluding carboxylic acids is 2. The van der Waals surface area contributed by atoms with E-state index in [1.807, 2.05) is 6.92 Å². The number of nitrogens with zero attached hydrogens (tertiary/aromatic N) is 1. The van der Waals surface area contributed by atoms with Crippen LogP contribution in [0.1, 0.15) is 36.7 Å². The third-order valence-corrected chi connectivity index (χ3v) is 3.06. The zero-order valence-electron chi connectivity index (χ0n) is 14.1. The average Bonchev–Trinajstić information content (AvgIpc) is 2.86. The Bertz CT molecular complexity index is 761. The number of nitrogens with two attached hydrogens (primary N) is 1. The first-order chi connectivity index (χ1) is 11.2. The molecule has 0 aliphatic carbocycles. The van der Waals surface area contributed by atoms with E-state index < -0.39 is 17.6 Å². The van der Waals surface area contributed by atoms with Crippen LogP contribution in [0.4, 0.5) is 4.79 Å². The first-order valence-electron chi connectivity index (χ1n) is 7.47. The van der Waals surface area contributed by atoms with E-state index in [4.69, 9.17) is 19.7 Å². The molecule has 0 saturated heterocycles. The van der Waals surface area contributed by atoms with E-state index in [0.29, 0.717) is 11.0 Å². The summed E-state index contributed by atoms with van der Waals surface area (Å²) in [4.78, 5) is 23.1. The standard InChI is InChI=1S/C16H21N3O5/c1-9-5-6-10(13(17)20)11-12(9)24-19-14(11)22-8-7-18-15(21)23-16(2,3)4/h5-6H,7-8H2,1-4H3,(H2,17,20)(H,18,21). The van der Waals surface area contributed by atoms with Crippen molar-refractivity contribution in [2.24, 2.45) is 5.73 Å². The summed E-state index contributed by atoms with van der Waals surface area (Å²) in [6.45, 7) is 7.50. The van der Waals surface area contributed by atoms with Gasteiger partial charge in [-0.25, -0.2) is 4.79 Å². The van der Waals surface area contributed by atoms with Crippen molar-refractivity contribution < 1.29 is 23.6 Å². The number of aromatic nitrogens is 1. The van der Waals surface area contributed by atoms with E-state index in [1.54, 1.807) is 32.9 Å². The van der Waals surface area contributed by atoms with Gasteiger partial charge in [-0.2, -0.15) is 0 Å². The Balaban J connectivity index is 2.02. The lowest BCUT2D eigenvalue weighted by Gasteiger charge is -2.19. The number of amides is 2. The maximum atomic E-state index is 11.6. The van der Waals surface area contributed by atoms with Crippen molar-refractivity contribution in [3.63, 3.8) is 0 Å². The lowest BCUT2D eigenvalue weighted by atomic mass is 10.1. The molecular weight excluding hydrogens is 314 g/mol. The Morgan fingerprint density at radius 3 is 2.67 bits per heavy atom. The summed E-state index contributed by atoms with van der Waals surface area (Å²) >= 11 is 0. The van der Waals surface area contributed by atoms with Gasteiger partial charge in [-0.1, -0.05) is 6.07 Å². The van der Waals surface area contributed by atoms with Crippen LogP contribution >= 0.6 is 0 Å². The second-order valence-electron chi connectivity index (χ2n) is 6.26. The third kappa shape index (κ3) is 4.15. The highest BCUT2D eigenvalue weighted by Crippen LogP contribution is 2.30. The van der Waals surface area contributed by atoms with E-state index in [0.717, 1.165) is 5.56 Å². The molecule has 0 fully saturated rings. The van der Waals surface area contributed by atoms with Crippen LogP contribution in [0.5, 0.6) is 5.88 Å². The van der Waals surface area contributed by atoms with Crippen LogP contribution in [-0.2, 0) is 4.74 Å². The molecule has 2 amide bonds. The molecule has 0 bridgehead atoms. The zero-order chi connectivity index (χ0) is 17.9. The van der Waals surface area contributed by atoms with Gasteiger partial charge < -0.3 is 25.0 Å². The molecule has 1 heterocycles. The van der Waals surface area contributed by atoms with Crippen molar-refractivity contribution in [2.75, 3.05) is 13.2 Å². The van der Waals surface area contributed by atoms with Gasteiger partial charge in [0.1, 0.15) is 12.2 Å². The molecule has 1 aromatic carbocycles. The van der Waals surface area contributed by atoms with Crippen LogP contribution in [0.3, 0.4) is 0 Å². The van der Waals surface area contributed by atoms with Gasteiger partial charge in [0.05, 0.1) is 17.5 Å². The second-order valence-corrected chi connectivity index (χ2v) is 6.26. The molecule has 8 heteroatoms. The van der Waals surface area contributed by atoms with Crippen LogP contribution in [0.15, 0.2) is 16.7 Å². The average molecular weight is 335 g/mol. The first kappa shape index (κ1) is 17.6. The molecule has 2 aromatic rings. The maximum absolute atomic E-state index is 11.6. The molecule has 0 saturated carbocycles. The quantitative estimate of drug-likeness (QED) is 0.809. The van der Waals surface area contributed by atoms with E-state index >= 15 is 0 Å². The Labute approximate surface area is 139 Å². The van der Waals surface area contributed by atoms with Gasteiger partial charge in [0, 0.05) is 0 Å². The summed E-state index contributed by atoms with van der Waals surface area (Å²) in [7, 11) is 0. The molecule has 0 aliphatic heterocycles. The number of aryl methyl sites for hydroxylation is 1. The summed E-state index contributed by atoms with van der Waals surface area (Å²) in [5.41, 5.74) is 6.33. The largest absolute Gasteiger partial charge is 0.473 e. The van der Waals surface area contributed by atoms with E-state index in [1.165, 1.54) is 0 Å². The molecule has 0 radical (unpaired) electrons. The molecule has 1 aromatic heterocycles. The fourth-order valence-corrected chi connectivity index (χ4v) is 2.07. The van der Waals surface area contributed by atoms with Gasteiger partial charge in [0.2, 0.25) is 5.91 Å². The molecule has 8 nitrogen and oxygen atoms in total. The van der Waals surface area contributed by atoms with E-state index in [-0.39, 0.29) is 24.6 Å². The van der Waals surface area contributed by atoms with Gasteiger partial charge >= 0.3 is 6.09 Å². The number of benzene rings is 1. The minimum Gasteiger partial charge on any atom is -0.473 e. The summed E-state index contributed by atoms with van der Waals surface area (Å²) in [5.74, 6) is -0.437. The van der Waals surface area contributed by atoms with Crippen molar-refractivity contribution in [2.45, 2.75) is 33.3 Å². The topological polar surface area (TPSA) is 117 Å². The molecular formula is C16H21N3O5. The predicted octanol–water partition coefficient (Wildman–Crippen LogP) is 2.14. The fraction of sp³-hybridized carbons (Fsp3) is 0.438. The van der Waals surface area contributed by atoms with Crippen molar-refractivity contribution in [3.05, 3.63) is 23.3 Å². The Kier molecular flexibility index (Phi) is 4.96. The summed E-state index contributed by atoms with van der Waals surface area (Å²) in [5, 5.41) is 6.82. The molecule has 3 N–H and O–H groups in total. The Morgan fingerprint density at radius 2 is 2.04 bits per heavy atom. The lowest BCUT2D eigenvalue weighted by Crippen LogP contribution is -2.34. The monoisotopic (exact) mass is 335 g/mol. The van der Waals surface area contributed by atoms with Crippen molar-refractivity contribution in [1.29, 1.82) is 0 Å². The number of primary amides is 1. The highest BCUT2D eigenvalue weighted by Gasteiger charge is 2.19. The second kappa shape index (κ2) is 6.77. The minimum atomic E-state index is -0.597. The van der Waals surface area contributed by atoms with Crippen LogP contribution in [0.25, 0.3) is 11.0 Å². The molecule has 130 valence electrons. The number of alkyl carbamates (subject to hydrolysis) is 1. The van der Waals surface area contributed by atoms with Gasteiger partial charge in [-0.15, -0.1) is 0 Å². The van der Waals surface area contributed by atoms with Gasteiger partial charge in [0.25, 0.3) is 5.88 Å². The smallest absolute Gasteiger partial charge is 0.407 e. The maximum Gasteiger partial charge on any atom is 0.407 e. The van der Waals surface area contributed by atoms with Crippen molar-refractivity contribution in [1.82, 2.24) is 10.5 Å². The van der Waals surface area contributed by atoms with Crippen LogP contribution in [0, 0.1) is 6.92 Å². The van der Waals surface area contributed by atoms with E-state index in [9.17, 15) is 9.59 Å². The van der Waals surface area contributed by atoms with Crippen molar-refractivity contribution in [3.8, 4) is 5.88 Å². The Morgan fingerprint density at radius 1 is 1.33 bits per heavy atom. The van der Waals surface area contributed by atoms with Gasteiger partial charge in [-0.3, -0.25) is 4.79 Å². The number of rotatable bonds is 5. The van der Waals surface area contributed by atoms with Gasteiger partial charge in [0.15, 0.2) is 5.58 Å². The van der Waals surface area contributed by atoms with Gasteiger partial charge in [-0.05, 0) is 44.5 Å². The molecule has 24 heavy (non-hydrogen) atoms. The molecule has 0 spiro atoms. The SMILES string of the molecule is Cc1ccc(C(N)=O)c2c(OCCNC(=O)OC(C)(C)C)noc12.